The molecule has 0 spiro atoms. The van der Waals surface area contributed by atoms with Crippen LogP contribution in [-0.4, -0.2) is 15.8 Å². The van der Waals surface area contributed by atoms with Gasteiger partial charge in [-0.3, -0.25) is 20.2 Å². The number of carbonyl (C=O) groups excluding carboxylic acids is 1. The largest absolute Gasteiger partial charge is 0.324 e. The van der Waals surface area contributed by atoms with E-state index in [1.807, 2.05) is 12.1 Å². The number of aromatic nitrogens is 1. The van der Waals surface area contributed by atoms with Crippen molar-refractivity contribution < 1.29 is 9.72 Å². The maximum absolute atomic E-state index is 12.1. The van der Waals surface area contributed by atoms with E-state index < -0.39 is 4.92 Å². The molecule has 0 unspecified atom stereocenters. The minimum absolute atomic E-state index is 0.0537. The monoisotopic (exact) mass is 333 g/mol. The molecule has 1 aromatic carbocycles. The topological polar surface area (TPSA) is 85.1 Å². The Bertz CT molecular complexity index is 869. The van der Waals surface area contributed by atoms with Crippen LogP contribution in [0.25, 0.3) is 10.2 Å². The SMILES string of the molecule is CCc1ccc2nc(NC(=O)c3ccc([N+](=O)[O-])s3)sc2c1. The maximum atomic E-state index is 12.1. The fourth-order valence-electron chi connectivity index (χ4n) is 1.95. The third kappa shape index (κ3) is 2.83. The van der Waals surface area contributed by atoms with Gasteiger partial charge in [-0.25, -0.2) is 4.98 Å². The Labute approximate surface area is 133 Å². The van der Waals surface area contributed by atoms with Crippen LogP contribution in [0.4, 0.5) is 10.1 Å². The van der Waals surface area contributed by atoms with E-state index in [2.05, 4.69) is 23.3 Å². The van der Waals surface area contributed by atoms with E-state index in [4.69, 9.17) is 0 Å². The number of nitrogens with zero attached hydrogens (tertiary/aromatic N) is 2. The number of thiazole rings is 1. The van der Waals surface area contributed by atoms with Crippen molar-refractivity contribution in [1.82, 2.24) is 4.98 Å². The third-order valence-electron chi connectivity index (χ3n) is 3.08. The van der Waals surface area contributed by atoms with Crippen molar-refractivity contribution >= 4 is 48.9 Å². The second kappa shape index (κ2) is 5.82. The lowest BCUT2D eigenvalue weighted by Crippen LogP contribution is -2.09. The van der Waals surface area contributed by atoms with Gasteiger partial charge in [0.2, 0.25) is 0 Å². The molecule has 0 saturated heterocycles. The predicted octanol–water partition coefficient (Wildman–Crippen LogP) is 4.08. The average Bonchev–Trinajstić information content (AvgIpc) is 3.12. The first-order chi connectivity index (χ1) is 10.6. The van der Waals surface area contributed by atoms with Gasteiger partial charge in [0.15, 0.2) is 5.13 Å². The molecule has 2 aromatic heterocycles. The first kappa shape index (κ1) is 14.6. The number of carbonyl (C=O) groups is 1. The van der Waals surface area contributed by atoms with Crippen molar-refractivity contribution in [3.05, 3.63) is 50.9 Å². The van der Waals surface area contributed by atoms with Gasteiger partial charge in [0, 0.05) is 6.07 Å². The van der Waals surface area contributed by atoms with Crippen LogP contribution in [0.5, 0.6) is 0 Å². The van der Waals surface area contributed by atoms with Crippen LogP contribution in [-0.2, 0) is 6.42 Å². The smallest absolute Gasteiger partial charge is 0.297 e. The zero-order valence-electron chi connectivity index (χ0n) is 11.5. The van der Waals surface area contributed by atoms with Gasteiger partial charge in [-0.15, -0.1) is 0 Å². The number of fused-ring (bicyclic) bond motifs is 1. The van der Waals surface area contributed by atoms with Crippen molar-refractivity contribution in [2.75, 3.05) is 5.32 Å². The van der Waals surface area contributed by atoms with E-state index in [1.54, 1.807) is 0 Å². The summed E-state index contributed by atoms with van der Waals surface area (Å²) < 4.78 is 1.01. The molecule has 0 atom stereocenters. The van der Waals surface area contributed by atoms with Crippen LogP contribution < -0.4 is 5.32 Å². The second-order valence-electron chi connectivity index (χ2n) is 4.52. The Morgan fingerprint density at radius 1 is 1.32 bits per heavy atom. The minimum Gasteiger partial charge on any atom is -0.297 e. The molecule has 1 N–H and O–H groups in total. The third-order valence-corrected chi connectivity index (χ3v) is 5.05. The summed E-state index contributed by atoms with van der Waals surface area (Å²) in [7, 11) is 0. The summed E-state index contributed by atoms with van der Waals surface area (Å²) in [6.07, 6.45) is 0.939. The Morgan fingerprint density at radius 2 is 2.14 bits per heavy atom. The molecule has 112 valence electrons. The first-order valence-electron chi connectivity index (χ1n) is 6.52. The number of aryl methyl sites for hydroxylation is 1. The summed E-state index contributed by atoms with van der Waals surface area (Å²) in [6, 6.07) is 8.76. The molecule has 0 radical (unpaired) electrons. The van der Waals surface area contributed by atoms with E-state index >= 15 is 0 Å². The van der Waals surface area contributed by atoms with Crippen molar-refractivity contribution in [1.29, 1.82) is 0 Å². The number of benzene rings is 1. The van der Waals surface area contributed by atoms with Gasteiger partial charge in [-0.1, -0.05) is 35.7 Å². The van der Waals surface area contributed by atoms with Crippen molar-refractivity contribution in [3.63, 3.8) is 0 Å². The number of rotatable bonds is 4. The highest BCUT2D eigenvalue weighted by molar-refractivity contribution is 7.22. The van der Waals surface area contributed by atoms with Gasteiger partial charge in [-0.05, 0) is 30.2 Å². The molecule has 1 amide bonds. The van der Waals surface area contributed by atoms with E-state index in [-0.39, 0.29) is 10.9 Å². The second-order valence-corrected chi connectivity index (χ2v) is 6.62. The lowest BCUT2D eigenvalue weighted by molar-refractivity contribution is -0.380. The zero-order chi connectivity index (χ0) is 15.7. The summed E-state index contributed by atoms with van der Waals surface area (Å²) >= 11 is 2.24. The lowest BCUT2D eigenvalue weighted by atomic mass is 10.2. The Balaban J connectivity index is 1.82. The molecule has 0 bridgehead atoms. The highest BCUT2D eigenvalue weighted by Crippen LogP contribution is 2.29. The lowest BCUT2D eigenvalue weighted by Gasteiger charge is -1.96. The molecule has 8 heteroatoms. The van der Waals surface area contributed by atoms with Crippen LogP contribution in [0.15, 0.2) is 30.3 Å². The van der Waals surface area contributed by atoms with Gasteiger partial charge in [0.25, 0.3) is 5.91 Å². The number of hydrogen-bond donors (Lipinski definition) is 1. The summed E-state index contributed by atoms with van der Waals surface area (Å²) in [5, 5.41) is 13.8. The molecule has 6 nitrogen and oxygen atoms in total. The van der Waals surface area contributed by atoms with E-state index in [0.29, 0.717) is 10.0 Å². The Hall–Kier alpha value is -2.32. The highest BCUT2D eigenvalue weighted by atomic mass is 32.1. The molecule has 0 aliphatic carbocycles. The molecule has 0 saturated carbocycles. The van der Waals surface area contributed by atoms with E-state index in [0.717, 1.165) is 28.0 Å². The molecule has 3 rings (SSSR count). The predicted molar refractivity (Wildman–Crippen MR) is 87.9 cm³/mol. The van der Waals surface area contributed by atoms with Gasteiger partial charge in [0.1, 0.15) is 0 Å². The van der Waals surface area contributed by atoms with Crippen LogP contribution in [0.3, 0.4) is 0 Å². The Kier molecular flexibility index (Phi) is 3.86. The molecule has 0 aliphatic heterocycles. The number of hydrogen-bond acceptors (Lipinski definition) is 6. The molecule has 3 aromatic rings. The number of thiophene rings is 1. The summed E-state index contributed by atoms with van der Waals surface area (Å²) in [4.78, 5) is 26.9. The summed E-state index contributed by atoms with van der Waals surface area (Å²) in [5.74, 6) is -0.382. The number of nitro groups is 1. The number of amides is 1. The van der Waals surface area contributed by atoms with Crippen molar-refractivity contribution in [3.8, 4) is 0 Å². The first-order valence-corrected chi connectivity index (χ1v) is 8.15. The summed E-state index contributed by atoms with van der Waals surface area (Å²) in [5.41, 5.74) is 2.04. The maximum Gasteiger partial charge on any atom is 0.324 e. The molecule has 0 aliphatic rings. The quantitative estimate of drug-likeness (QED) is 0.576. The molecule has 22 heavy (non-hydrogen) atoms. The Morgan fingerprint density at radius 3 is 2.82 bits per heavy atom. The molecular formula is C14H11N3O3S2. The van der Waals surface area contributed by atoms with Crippen LogP contribution in [0.2, 0.25) is 0 Å². The molecule has 2 heterocycles. The molecule has 0 fully saturated rings. The van der Waals surface area contributed by atoms with Crippen LogP contribution in [0.1, 0.15) is 22.2 Å². The van der Waals surface area contributed by atoms with Crippen molar-refractivity contribution in [2.45, 2.75) is 13.3 Å². The van der Waals surface area contributed by atoms with Crippen LogP contribution in [0, 0.1) is 10.1 Å². The fourth-order valence-corrected chi connectivity index (χ4v) is 3.59. The zero-order valence-corrected chi connectivity index (χ0v) is 13.2. The number of nitrogens with one attached hydrogen (secondary N) is 1. The molecular weight excluding hydrogens is 322 g/mol. The van der Waals surface area contributed by atoms with E-state index in [1.165, 1.54) is 29.0 Å². The highest BCUT2D eigenvalue weighted by Gasteiger charge is 2.16. The van der Waals surface area contributed by atoms with Crippen LogP contribution >= 0.6 is 22.7 Å². The van der Waals surface area contributed by atoms with Gasteiger partial charge in [0.05, 0.1) is 20.0 Å². The van der Waals surface area contributed by atoms with E-state index in [9.17, 15) is 14.9 Å². The average molecular weight is 333 g/mol. The normalized spacial score (nSPS) is 10.8. The summed E-state index contributed by atoms with van der Waals surface area (Å²) in [6.45, 7) is 2.08. The van der Waals surface area contributed by atoms with Gasteiger partial charge < -0.3 is 0 Å². The fraction of sp³-hybridized carbons (Fsp3) is 0.143. The van der Waals surface area contributed by atoms with Gasteiger partial charge in [-0.2, -0.15) is 0 Å². The minimum atomic E-state index is -0.509. The number of anilines is 1. The van der Waals surface area contributed by atoms with Gasteiger partial charge >= 0.3 is 5.00 Å². The van der Waals surface area contributed by atoms with Crippen molar-refractivity contribution in [2.24, 2.45) is 0 Å². The standard InChI is InChI=1S/C14H11N3O3S2/c1-2-8-3-4-9-11(7-8)22-14(15-9)16-13(18)10-5-6-12(21-10)17(19)20/h3-7H,2H2,1H3,(H,15,16,18).